The molecule has 2 aromatic rings. The van der Waals surface area contributed by atoms with Crippen molar-refractivity contribution in [2.75, 3.05) is 6.54 Å². The lowest BCUT2D eigenvalue weighted by atomic mass is 9.90. The van der Waals surface area contributed by atoms with Gasteiger partial charge in [0, 0.05) is 25.6 Å². The van der Waals surface area contributed by atoms with E-state index in [0.29, 0.717) is 18.4 Å². The fourth-order valence-electron chi connectivity index (χ4n) is 2.49. The number of oxazole rings is 1. The molecule has 0 bridgehead atoms. The van der Waals surface area contributed by atoms with Gasteiger partial charge < -0.3 is 14.8 Å². The molecule has 0 spiro atoms. The molecular formula is C17H21N3O7. The van der Waals surface area contributed by atoms with Gasteiger partial charge >= 0.3 is 11.7 Å². The first-order chi connectivity index (χ1) is 12.6. The van der Waals surface area contributed by atoms with E-state index in [9.17, 15) is 24.5 Å². The molecule has 1 amide bonds. The molecule has 2 N–H and O–H groups in total. The predicted octanol–water partition coefficient (Wildman–Crippen LogP) is 1.90. The van der Waals surface area contributed by atoms with Crippen molar-refractivity contribution in [1.29, 1.82) is 0 Å². The summed E-state index contributed by atoms with van der Waals surface area (Å²) in [6.07, 6.45) is 0.817. The molecule has 0 atom stereocenters. The normalized spacial score (nSPS) is 11.5. The summed E-state index contributed by atoms with van der Waals surface area (Å²) in [5, 5.41) is 22.5. The molecule has 2 rings (SSSR count). The molecule has 0 saturated heterocycles. The van der Waals surface area contributed by atoms with Gasteiger partial charge in [0.1, 0.15) is 0 Å². The highest BCUT2D eigenvalue weighted by Crippen LogP contribution is 2.21. The third-order valence-corrected chi connectivity index (χ3v) is 4.30. The third-order valence-electron chi connectivity index (χ3n) is 4.30. The summed E-state index contributed by atoms with van der Waals surface area (Å²) in [4.78, 5) is 45.0. The Morgan fingerprint density at radius 1 is 1.37 bits per heavy atom. The number of aryl methyl sites for hydroxylation is 1. The Labute approximate surface area is 153 Å². The Balaban J connectivity index is 1.89. The van der Waals surface area contributed by atoms with Crippen LogP contribution < -0.4 is 11.1 Å². The minimum Gasteiger partial charge on any atom is -0.481 e. The van der Waals surface area contributed by atoms with E-state index in [4.69, 9.17) is 9.52 Å². The number of benzene rings is 1. The number of hydrogen-bond acceptors (Lipinski definition) is 6. The maximum absolute atomic E-state index is 11.9. The van der Waals surface area contributed by atoms with Gasteiger partial charge in [-0.05, 0) is 32.8 Å². The number of carboxylic acid groups (broad SMARTS) is 1. The Morgan fingerprint density at radius 3 is 2.70 bits per heavy atom. The first-order valence-electron chi connectivity index (χ1n) is 8.40. The van der Waals surface area contributed by atoms with Crippen LogP contribution in [0.25, 0.3) is 11.1 Å². The number of carbonyl (C=O) groups excluding carboxylic acids is 1. The number of aliphatic carboxylic acids is 1. The molecule has 0 aliphatic heterocycles. The first kappa shape index (κ1) is 20.1. The molecule has 1 aromatic carbocycles. The molecule has 0 unspecified atom stereocenters. The zero-order chi connectivity index (χ0) is 20.2. The minimum absolute atomic E-state index is 0.120. The summed E-state index contributed by atoms with van der Waals surface area (Å²) in [6.45, 7) is 3.64. The highest BCUT2D eigenvalue weighted by atomic mass is 16.6. The minimum atomic E-state index is -0.928. The number of aromatic nitrogens is 1. The van der Waals surface area contributed by atoms with E-state index in [1.165, 1.54) is 22.8 Å². The van der Waals surface area contributed by atoms with Gasteiger partial charge in [-0.15, -0.1) is 0 Å². The lowest BCUT2D eigenvalue weighted by Gasteiger charge is -2.18. The number of rotatable bonds is 9. The zero-order valence-corrected chi connectivity index (χ0v) is 15.1. The molecule has 0 aliphatic carbocycles. The van der Waals surface area contributed by atoms with E-state index in [2.05, 4.69) is 5.32 Å². The lowest BCUT2D eigenvalue weighted by Crippen LogP contribution is -2.32. The van der Waals surface area contributed by atoms with Crippen molar-refractivity contribution in [3.8, 4) is 0 Å². The highest BCUT2D eigenvalue weighted by molar-refractivity contribution is 5.77. The Hall–Kier alpha value is -3.17. The van der Waals surface area contributed by atoms with Crippen LogP contribution in [0.2, 0.25) is 0 Å². The number of amides is 1. The molecule has 10 heteroatoms. The fraction of sp³-hybridized carbons (Fsp3) is 0.471. The second kappa shape index (κ2) is 8.02. The van der Waals surface area contributed by atoms with Crippen LogP contribution in [0, 0.1) is 15.5 Å². The van der Waals surface area contributed by atoms with E-state index in [1.807, 2.05) is 0 Å². The van der Waals surface area contributed by atoms with Crippen molar-refractivity contribution < 1.29 is 24.0 Å². The van der Waals surface area contributed by atoms with Crippen molar-refractivity contribution in [3.05, 3.63) is 38.9 Å². The van der Waals surface area contributed by atoms with Gasteiger partial charge in [0.05, 0.1) is 21.9 Å². The Bertz CT molecular complexity index is 926. The van der Waals surface area contributed by atoms with Crippen LogP contribution in [0.5, 0.6) is 0 Å². The fourth-order valence-corrected chi connectivity index (χ4v) is 2.49. The van der Waals surface area contributed by atoms with Crippen molar-refractivity contribution in [1.82, 2.24) is 9.88 Å². The number of fused-ring (bicyclic) bond motifs is 1. The van der Waals surface area contributed by atoms with Gasteiger partial charge in [-0.1, -0.05) is 0 Å². The Kier molecular flexibility index (Phi) is 5.98. The lowest BCUT2D eigenvalue weighted by molar-refractivity contribution is -0.384. The van der Waals surface area contributed by atoms with Gasteiger partial charge in [0.2, 0.25) is 5.91 Å². The van der Waals surface area contributed by atoms with Gasteiger partial charge in [0.25, 0.3) is 5.69 Å². The van der Waals surface area contributed by atoms with Crippen LogP contribution in [0.3, 0.4) is 0 Å². The summed E-state index contributed by atoms with van der Waals surface area (Å²) in [5.41, 5.74) is -0.547. The maximum atomic E-state index is 11.9. The monoisotopic (exact) mass is 379 g/mol. The molecule has 1 heterocycles. The molecular weight excluding hydrogens is 358 g/mol. The summed E-state index contributed by atoms with van der Waals surface area (Å²) < 4.78 is 6.34. The van der Waals surface area contributed by atoms with E-state index in [0.717, 1.165) is 0 Å². The average Bonchev–Trinajstić information content (AvgIpc) is 2.89. The van der Waals surface area contributed by atoms with Crippen molar-refractivity contribution >= 4 is 28.7 Å². The molecule has 1 aromatic heterocycles. The number of carboxylic acids is 1. The highest BCUT2D eigenvalue weighted by Gasteiger charge is 2.26. The quantitative estimate of drug-likeness (QED) is 0.500. The summed E-state index contributed by atoms with van der Waals surface area (Å²) >= 11 is 0. The summed E-state index contributed by atoms with van der Waals surface area (Å²) in [7, 11) is 0. The van der Waals surface area contributed by atoms with Crippen molar-refractivity contribution in [3.63, 3.8) is 0 Å². The molecule has 10 nitrogen and oxygen atoms in total. The van der Waals surface area contributed by atoms with E-state index in [1.54, 1.807) is 13.8 Å². The van der Waals surface area contributed by atoms with Crippen LogP contribution in [-0.4, -0.2) is 33.0 Å². The SMILES string of the molecule is CC(C)(CCNC(=O)CCCn1c(=O)oc2cc([N+](=O)[O-])ccc21)C(=O)O. The first-order valence-corrected chi connectivity index (χ1v) is 8.40. The van der Waals surface area contributed by atoms with Gasteiger partial charge in [-0.2, -0.15) is 0 Å². The molecule has 27 heavy (non-hydrogen) atoms. The van der Waals surface area contributed by atoms with Crippen LogP contribution >= 0.6 is 0 Å². The number of nitro groups is 1. The zero-order valence-electron chi connectivity index (χ0n) is 15.1. The van der Waals surface area contributed by atoms with Crippen molar-refractivity contribution in [2.24, 2.45) is 5.41 Å². The van der Waals surface area contributed by atoms with E-state index < -0.39 is 22.1 Å². The largest absolute Gasteiger partial charge is 0.481 e. The smallest absolute Gasteiger partial charge is 0.419 e. The second-order valence-corrected chi connectivity index (χ2v) is 6.82. The van der Waals surface area contributed by atoms with E-state index >= 15 is 0 Å². The van der Waals surface area contributed by atoms with E-state index in [-0.39, 0.29) is 36.7 Å². The van der Waals surface area contributed by atoms with Gasteiger partial charge in [-0.3, -0.25) is 24.3 Å². The van der Waals surface area contributed by atoms with Crippen LogP contribution in [-0.2, 0) is 16.1 Å². The molecule has 0 saturated carbocycles. The number of carbonyl (C=O) groups is 2. The summed E-state index contributed by atoms with van der Waals surface area (Å²) in [6, 6.07) is 3.90. The number of hydrogen-bond donors (Lipinski definition) is 2. The van der Waals surface area contributed by atoms with Gasteiger partial charge in [-0.25, -0.2) is 4.79 Å². The molecule has 146 valence electrons. The molecule has 0 radical (unpaired) electrons. The van der Waals surface area contributed by atoms with Gasteiger partial charge in [0.15, 0.2) is 5.58 Å². The van der Waals surface area contributed by atoms with Crippen LogP contribution in [0.4, 0.5) is 5.69 Å². The van der Waals surface area contributed by atoms with Crippen molar-refractivity contribution in [2.45, 2.75) is 39.7 Å². The third kappa shape index (κ3) is 4.93. The standard InChI is InChI=1S/C17H21N3O7/c1-17(2,15(22)23)7-8-18-14(21)4-3-9-19-12-6-5-11(20(25)26)10-13(12)27-16(19)24/h5-6,10H,3-4,7-9H2,1-2H3,(H,18,21)(H,22,23). The average molecular weight is 379 g/mol. The molecule has 0 fully saturated rings. The Morgan fingerprint density at radius 2 is 2.07 bits per heavy atom. The molecule has 0 aliphatic rings. The maximum Gasteiger partial charge on any atom is 0.419 e. The topological polar surface area (TPSA) is 145 Å². The number of nitrogens with one attached hydrogen (secondary N) is 1. The number of nitrogens with zero attached hydrogens (tertiary/aromatic N) is 2. The predicted molar refractivity (Wildman–Crippen MR) is 95.4 cm³/mol. The van der Waals surface area contributed by atoms with Crippen LogP contribution in [0.15, 0.2) is 27.4 Å². The van der Waals surface area contributed by atoms with Crippen LogP contribution in [0.1, 0.15) is 33.1 Å². The second-order valence-electron chi connectivity index (χ2n) is 6.82. The number of non-ortho nitro benzene ring substituents is 1. The number of nitro benzene ring substituents is 1. The summed E-state index contributed by atoms with van der Waals surface area (Å²) in [5.74, 6) is -1.81.